The molecule has 1 atom stereocenters. The van der Waals surface area contributed by atoms with Crippen LogP contribution in [0.25, 0.3) is 11.1 Å². The summed E-state index contributed by atoms with van der Waals surface area (Å²) in [6.07, 6.45) is 0.695. The largest absolute Gasteiger partial charge is 0.417 e. The highest BCUT2D eigenvalue weighted by atomic mass is 32.2. The monoisotopic (exact) mass is 270 g/mol. The van der Waals surface area contributed by atoms with Crippen molar-refractivity contribution < 1.29 is 12.8 Å². The number of oxazole rings is 1. The molecule has 0 bridgehead atoms. The summed E-state index contributed by atoms with van der Waals surface area (Å²) in [6, 6.07) is 4.12. The highest BCUT2D eigenvalue weighted by molar-refractivity contribution is 7.89. The van der Waals surface area contributed by atoms with Gasteiger partial charge in [-0.3, -0.25) is 4.98 Å². The van der Waals surface area contributed by atoms with Crippen molar-refractivity contribution in [3.8, 4) is 0 Å². The van der Waals surface area contributed by atoms with E-state index in [9.17, 15) is 13.2 Å². The van der Waals surface area contributed by atoms with Crippen molar-refractivity contribution in [3.05, 3.63) is 28.7 Å². The Morgan fingerprint density at radius 2 is 2.17 bits per heavy atom. The highest BCUT2D eigenvalue weighted by Gasteiger charge is 2.17. The lowest BCUT2D eigenvalue weighted by atomic mass is 10.3. The molecule has 0 saturated carbocycles. The zero-order valence-electron chi connectivity index (χ0n) is 10.1. The smallest absolute Gasteiger partial charge is 0.408 e. The van der Waals surface area contributed by atoms with Crippen LogP contribution in [-0.4, -0.2) is 19.4 Å². The average Bonchev–Trinajstić information content (AvgIpc) is 2.67. The predicted octanol–water partition coefficient (Wildman–Crippen LogP) is 1.20. The minimum absolute atomic E-state index is 0.0815. The van der Waals surface area contributed by atoms with Gasteiger partial charge in [0.1, 0.15) is 0 Å². The molecule has 6 nitrogen and oxygen atoms in total. The normalized spacial score (nSPS) is 13.9. The third kappa shape index (κ3) is 2.46. The Kier molecular flexibility index (Phi) is 3.27. The Bertz CT molecular complexity index is 714. The molecule has 0 aliphatic rings. The van der Waals surface area contributed by atoms with E-state index in [0.29, 0.717) is 11.9 Å². The SMILES string of the molecule is CC[C@@H](C)NS(=O)(=O)c1ccc2[nH]c(=O)oc2c1. The Morgan fingerprint density at radius 1 is 1.44 bits per heavy atom. The predicted molar refractivity (Wildman–Crippen MR) is 66.9 cm³/mol. The minimum atomic E-state index is -3.58. The van der Waals surface area contributed by atoms with E-state index < -0.39 is 15.8 Å². The summed E-state index contributed by atoms with van der Waals surface area (Å²) in [5, 5.41) is 0. The second-order valence-electron chi connectivity index (χ2n) is 4.10. The molecule has 7 heteroatoms. The van der Waals surface area contributed by atoms with E-state index in [1.807, 2.05) is 6.92 Å². The quantitative estimate of drug-likeness (QED) is 0.873. The summed E-state index contributed by atoms with van der Waals surface area (Å²) < 4.78 is 31.4. The summed E-state index contributed by atoms with van der Waals surface area (Å²) in [6.45, 7) is 3.67. The molecule has 0 unspecified atom stereocenters. The summed E-state index contributed by atoms with van der Waals surface area (Å²) in [5.74, 6) is -0.602. The van der Waals surface area contributed by atoms with Crippen LogP contribution >= 0.6 is 0 Å². The number of benzene rings is 1. The van der Waals surface area contributed by atoms with Gasteiger partial charge in [0.15, 0.2) is 5.58 Å². The molecule has 1 aromatic carbocycles. The van der Waals surface area contributed by atoms with Crippen LogP contribution in [0.2, 0.25) is 0 Å². The molecule has 0 aliphatic carbocycles. The molecule has 98 valence electrons. The van der Waals surface area contributed by atoms with Crippen molar-refractivity contribution in [1.82, 2.24) is 9.71 Å². The van der Waals surface area contributed by atoms with E-state index in [4.69, 9.17) is 4.42 Å². The number of aromatic nitrogens is 1. The summed E-state index contributed by atoms with van der Waals surface area (Å²) >= 11 is 0. The lowest BCUT2D eigenvalue weighted by molar-refractivity contribution is 0.549. The molecule has 1 heterocycles. The van der Waals surface area contributed by atoms with Crippen molar-refractivity contribution in [1.29, 1.82) is 0 Å². The Balaban J connectivity index is 2.44. The van der Waals surface area contributed by atoms with E-state index in [1.54, 1.807) is 6.92 Å². The number of nitrogens with one attached hydrogen (secondary N) is 2. The lowest BCUT2D eigenvalue weighted by Gasteiger charge is -2.11. The average molecular weight is 270 g/mol. The first kappa shape index (κ1) is 12.8. The molecule has 0 aliphatic heterocycles. The number of hydrogen-bond acceptors (Lipinski definition) is 4. The highest BCUT2D eigenvalue weighted by Crippen LogP contribution is 2.16. The molecule has 0 radical (unpaired) electrons. The van der Waals surface area contributed by atoms with E-state index in [-0.39, 0.29) is 16.5 Å². The first-order chi connectivity index (χ1) is 8.42. The number of aromatic amines is 1. The Labute approximate surface area is 104 Å². The molecule has 2 aromatic rings. The van der Waals surface area contributed by atoms with Gasteiger partial charge < -0.3 is 4.42 Å². The zero-order chi connectivity index (χ0) is 13.3. The van der Waals surface area contributed by atoms with Gasteiger partial charge in [0.2, 0.25) is 10.0 Å². The fourth-order valence-corrected chi connectivity index (χ4v) is 2.85. The standard InChI is InChI=1S/C11H14N2O4S/c1-3-7(2)13-18(15,16)8-4-5-9-10(6-8)17-11(14)12-9/h4-7,13H,3H2,1-2H3,(H,12,14)/t7-/m1/s1. The molecular weight excluding hydrogens is 256 g/mol. The minimum Gasteiger partial charge on any atom is -0.408 e. The van der Waals surface area contributed by atoms with Crippen LogP contribution in [0.15, 0.2) is 32.3 Å². The Morgan fingerprint density at radius 3 is 2.83 bits per heavy atom. The van der Waals surface area contributed by atoms with Crippen molar-refractivity contribution in [2.75, 3.05) is 0 Å². The van der Waals surface area contributed by atoms with Gasteiger partial charge >= 0.3 is 5.76 Å². The molecule has 0 saturated heterocycles. The van der Waals surface area contributed by atoms with Crippen LogP contribution in [-0.2, 0) is 10.0 Å². The van der Waals surface area contributed by atoms with Crippen molar-refractivity contribution in [3.63, 3.8) is 0 Å². The van der Waals surface area contributed by atoms with Gasteiger partial charge in [-0.2, -0.15) is 0 Å². The fraction of sp³-hybridized carbons (Fsp3) is 0.364. The first-order valence-electron chi connectivity index (χ1n) is 5.57. The third-order valence-corrected chi connectivity index (χ3v) is 4.26. The van der Waals surface area contributed by atoms with E-state index in [0.717, 1.165) is 0 Å². The number of hydrogen-bond donors (Lipinski definition) is 2. The molecule has 18 heavy (non-hydrogen) atoms. The van der Waals surface area contributed by atoms with Crippen LogP contribution in [0.1, 0.15) is 20.3 Å². The molecule has 0 amide bonds. The summed E-state index contributed by atoms with van der Waals surface area (Å²) in [7, 11) is -3.58. The van der Waals surface area contributed by atoms with Gasteiger partial charge in [-0.1, -0.05) is 6.92 Å². The van der Waals surface area contributed by atoms with Gasteiger partial charge in [0.25, 0.3) is 0 Å². The number of rotatable bonds is 4. The van der Waals surface area contributed by atoms with E-state index in [2.05, 4.69) is 9.71 Å². The maximum Gasteiger partial charge on any atom is 0.417 e. The van der Waals surface area contributed by atoms with Crippen molar-refractivity contribution in [2.45, 2.75) is 31.2 Å². The van der Waals surface area contributed by atoms with Gasteiger partial charge in [0.05, 0.1) is 10.4 Å². The van der Waals surface area contributed by atoms with E-state index >= 15 is 0 Å². The number of sulfonamides is 1. The summed E-state index contributed by atoms with van der Waals surface area (Å²) in [5.41, 5.74) is 0.703. The Hall–Kier alpha value is -1.60. The van der Waals surface area contributed by atoms with Gasteiger partial charge in [-0.15, -0.1) is 0 Å². The maximum atomic E-state index is 12.0. The second kappa shape index (κ2) is 4.58. The molecule has 1 aromatic heterocycles. The fourth-order valence-electron chi connectivity index (χ4n) is 1.51. The second-order valence-corrected chi connectivity index (χ2v) is 5.82. The van der Waals surface area contributed by atoms with Crippen LogP contribution in [0.3, 0.4) is 0 Å². The summed E-state index contributed by atoms with van der Waals surface area (Å²) in [4.78, 5) is 13.5. The van der Waals surface area contributed by atoms with Crippen LogP contribution in [0, 0.1) is 0 Å². The molecule has 0 spiro atoms. The third-order valence-electron chi connectivity index (χ3n) is 2.67. The maximum absolute atomic E-state index is 12.0. The van der Waals surface area contributed by atoms with Gasteiger partial charge in [-0.05, 0) is 25.5 Å². The van der Waals surface area contributed by atoms with Gasteiger partial charge in [-0.25, -0.2) is 17.9 Å². The van der Waals surface area contributed by atoms with Crippen molar-refractivity contribution >= 4 is 21.1 Å². The van der Waals surface area contributed by atoms with Crippen LogP contribution in [0.4, 0.5) is 0 Å². The number of H-pyrrole nitrogens is 1. The van der Waals surface area contributed by atoms with Crippen LogP contribution in [0.5, 0.6) is 0 Å². The first-order valence-corrected chi connectivity index (χ1v) is 7.06. The van der Waals surface area contributed by atoms with Gasteiger partial charge in [0, 0.05) is 12.1 Å². The zero-order valence-corrected chi connectivity index (χ0v) is 10.9. The van der Waals surface area contributed by atoms with E-state index in [1.165, 1.54) is 18.2 Å². The molecular formula is C11H14N2O4S. The number of fused-ring (bicyclic) bond motifs is 1. The molecule has 2 N–H and O–H groups in total. The molecule has 2 rings (SSSR count). The topological polar surface area (TPSA) is 92.2 Å². The molecule has 0 fully saturated rings. The van der Waals surface area contributed by atoms with Crippen molar-refractivity contribution in [2.24, 2.45) is 0 Å². The van der Waals surface area contributed by atoms with Crippen LogP contribution < -0.4 is 10.5 Å². The lowest BCUT2D eigenvalue weighted by Crippen LogP contribution is -2.31.